The third-order valence-corrected chi connectivity index (χ3v) is 3.96. The zero-order chi connectivity index (χ0) is 11.0. The second-order valence-electron chi connectivity index (χ2n) is 5.05. The summed E-state index contributed by atoms with van der Waals surface area (Å²) in [5, 5.41) is 3.74. The fraction of sp³-hybridized carbons (Fsp3) is 0.571. The predicted molar refractivity (Wildman–Crippen MR) is 66.3 cm³/mol. The standard InChI is InChI=1S/C14H20N2/c1-11-13-7-3-2-6-12(13)10-14(15-11)16-8-4-5-9-16/h2-3,6-7,11,14-15H,4-5,8-10H2,1H3/t11-,14?/m0/s1. The molecule has 1 fully saturated rings. The van der Waals surface area contributed by atoms with Crippen molar-refractivity contribution in [1.82, 2.24) is 10.2 Å². The molecule has 3 rings (SSSR count). The van der Waals surface area contributed by atoms with E-state index in [1.165, 1.54) is 43.5 Å². The van der Waals surface area contributed by atoms with Gasteiger partial charge in [0.25, 0.3) is 0 Å². The highest BCUT2D eigenvalue weighted by atomic mass is 15.3. The lowest BCUT2D eigenvalue weighted by atomic mass is 9.93. The van der Waals surface area contributed by atoms with Crippen LogP contribution in [0.4, 0.5) is 0 Å². The average Bonchev–Trinajstić information content (AvgIpc) is 2.82. The van der Waals surface area contributed by atoms with Crippen molar-refractivity contribution in [3.63, 3.8) is 0 Å². The first kappa shape index (κ1) is 10.3. The Hall–Kier alpha value is -0.860. The third-order valence-electron chi connectivity index (χ3n) is 3.96. The lowest BCUT2D eigenvalue weighted by Gasteiger charge is -2.36. The van der Waals surface area contributed by atoms with Crippen LogP contribution >= 0.6 is 0 Å². The van der Waals surface area contributed by atoms with E-state index in [0.29, 0.717) is 12.2 Å². The summed E-state index contributed by atoms with van der Waals surface area (Å²) in [6.07, 6.45) is 4.47. The second-order valence-corrected chi connectivity index (χ2v) is 5.05. The Balaban J connectivity index is 1.83. The van der Waals surface area contributed by atoms with Crippen molar-refractivity contribution < 1.29 is 0 Å². The smallest absolute Gasteiger partial charge is 0.0643 e. The van der Waals surface area contributed by atoms with Gasteiger partial charge in [0.2, 0.25) is 0 Å². The quantitative estimate of drug-likeness (QED) is 0.775. The van der Waals surface area contributed by atoms with Gasteiger partial charge in [-0.05, 0) is 44.0 Å². The zero-order valence-electron chi connectivity index (χ0n) is 9.95. The molecule has 1 N–H and O–H groups in total. The molecule has 2 heteroatoms. The molecule has 2 aliphatic heterocycles. The number of hydrogen-bond donors (Lipinski definition) is 1. The molecule has 2 atom stereocenters. The number of likely N-dealkylation sites (tertiary alicyclic amines) is 1. The number of benzene rings is 1. The van der Waals surface area contributed by atoms with E-state index in [9.17, 15) is 0 Å². The second kappa shape index (κ2) is 4.19. The summed E-state index contributed by atoms with van der Waals surface area (Å²) >= 11 is 0. The molecule has 1 aromatic carbocycles. The molecule has 0 radical (unpaired) electrons. The molecular weight excluding hydrogens is 196 g/mol. The Labute approximate surface area is 97.6 Å². The minimum Gasteiger partial charge on any atom is -0.295 e. The van der Waals surface area contributed by atoms with Crippen molar-refractivity contribution in [2.24, 2.45) is 0 Å². The first-order valence-electron chi connectivity index (χ1n) is 6.42. The van der Waals surface area contributed by atoms with E-state index >= 15 is 0 Å². The Bertz CT molecular complexity index is 369. The Morgan fingerprint density at radius 2 is 1.94 bits per heavy atom. The molecule has 0 aromatic heterocycles. The number of hydrogen-bond acceptors (Lipinski definition) is 2. The van der Waals surface area contributed by atoms with Crippen molar-refractivity contribution >= 4 is 0 Å². The molecule has 2 nitrogen and oxygen atoms in total. The van der Waals surface area contributed by atoms with Crippen LogP contribution in [0.25, 0.3) is 0 Å². The van der Waals surface area contributed by atoms with E-state index in [1.54, 1.807) is 0 Å². The molecule has 2 heterocycles. The number of nitrogens with one attached hydrogen (secondary N) is 1. The van der Waals surface area contributed by atoms with Gasteiger partial charge >= 0.3 is 0 Å². The topological polar surface area (TPSA) is 15.3 Å². The van der Waals surface area contributed by atoms with Gasteiger partial charge in [0.1, 0.15) is 0 Å². The fourth-order valence-electron chi connectivity index (χ4n) is 3.08. The molecular formula is C14H20N2. The monoisotopic (exact) mass is 216 g/mol. The van der Waals surface area contributed by atoms with E-state index in [1.807, 2.05) is 0 Å². The van der Waals surface area contributed by atoms with Gasteiger partial charge in [0.15, 0.2) is 0 Å². The highest BCUT2D eigenvalue weighted by molar-refractivity contribution is 5.32. The van der Waals surface area contributed by atoms with Crippen LogP contribution in [0.15, 0.2) is 24.3 Å². The van der Waals surface area contributed by atoms with E-state index in [-0.39, 0.29) is 0 Å². The van der Waals surface area contributed by atoms with Crippen molar-refractivity contribution in [1.29, 1.82) is 0 Å². The molecule has 2 aliphatic rings. The van der Waals surface area contributed by atoms with Crippen LogP contribution in [0.3, 0.4) is 0 Å². The Kier molecular flexibility index (Phi) is 2.70. The van der Waals surface area contributed by atoms with Crippen LogP contribution in [0.2, 0.25) is 0 Å². The minimum absolute atomic E-state index is 0.496. The first-order chi connectivity index (χ1) is 7.84. The van der Waals surface area contributed by atoms with E-state index < -0.39 is 0 Å². The molecule has 0 amide bonds. The van der Waals surface area contributed by atoms with Crippen LogP contribution in [0, 0.1) is 0 Å². The summed E-state index contributed by atoms with van der Waals surface area (Å²) in [6.45, 7) is 4.82. The Morgan fingerprint density at radius 3 is 2.75 bits per heavy atom. The molecule has 1 saturated heterocycles. The maximum atomic E-state index is 3.74. The lowest BCUT2D eigenvalue weighted by Crippen LogP contribution is -2.49. The van der Waals surface area contributed by atoms with Gasteiger partial charge in [-0.25, -0.2) is 0 Å². The van der Waals surface area contributed by atoms with Crippen LogP contribution in [-0.2, 0) is 6.42 Å². The SMILES string of the molecule is C[C@@H]1NC(N2CCCC2)Cc2ccccc21. The Morgan fingerprint density at radius 1 is 1.19 bits per heavy atom. The van der Waals surface area contributed by atoms with Crippen LogP contribution < -0.4 is 5.32 Å². The predicted octanol–water partition coefficient (Wildman–Crippen LogP) is 2.32. The highest BCUT2D eigenvalue weighted by Crippen LogP contribution is 2.27. The summed E-state index contributed by atoms with van der Waals surface area (Å²) < 4.78 is 0. The molecule has 0 spiro atoms. The van der Waals surface area contributed by atoms with E-state index in [2.05, 4.69) is 41.4 Å². The summed E-state index contributed by atoms with van der Waals surface area (Å²) in [6, 6.07) is 9.35. The first-order valence-corrected chi connectivity index (χ1v) is 6.42. The van der Waals surface area contributed by atoms with Gasteiger partial charge in [-0.15, -0.1) is 0 Å². The van der Waals surface area contributed by atoms with Gasteiger partial charge in [0.05, 0.1) is 6.17 Å². The molecule has 0 bridgehead atoms. The maximum Gasteiger partial charge on any atom is 0.0643 e. The van der Waals surface area contributed by atoms with Crippen molar-refractivity contribution in [2.45, 2.75) is 38.4 Å². The molecule has 0 saturated carbocycles. The normalized spacial score (nSPS) is 30.3. The van der Waals surface area contributed by atoms with Crippen molar-refractivity contribution in [3.8, 4) is 0 Å². The lowest BCUT2D eigenvalue weighted by molar-refractivity contribution is 0.178. The average molecular weight is 216 g/mol. The molecule has 0 aliphatic carbocycles. The van der Waals surface area contributed by atoms with Crippen LogP contribution in [0.5, 0.6) is 0 Å². The van der Waals surface area contributed by atoms with Gasteiger partial charge in [-0.1, -0.05) is 24.3 Å². The van der Waals surface area contributed by atoms with Gasteiger partial charge in [-0.2, -0.15) is 0 Å². The number of nitrogens with zero attached hydrogens (tertiary/aromatic N) is 1. The number of fused-ring (bicyclic) bond motifs is 1. The van der Waals surface area contributed by atoms with Crippen molar-refractivity contribution in [2.75, 3.05) is 13.1 Å². The minimum atomic E-state index is 0.496. The summed E-state index contributed by atoms with van der Waals surface area (Å²) in [5.41, 5.74) is 3.02. The van der Waals surface area contributed by atoms with E-state index in [0.717, 1.165) is 0 Å². The summed E-state index contributed by atoms with van der Waals surface area (Å²) in [5.74, 6) is 0. The van der Waals surface area contributed by atoms with Crippen LogP contribution in [-0.4, -0.2) is 24.2 Å². The maximum absolute atomic E-state index is 3.74. The highest BCUT2D eigenvalue weighted by Gasteiger charge is 2.28. The third kappa shape index (κ3) is 1.76. The molecule has 1 aromatic rings. The molecule has 1 unspecified atom stereocenters. The van der Waals surface area contributed by atoms with Gasteiger partial charge in [0, 0.05) is 12.5 Å². The summed E-state index contributed by atoms with van der Waals surface area (Å²) in [7, 11) is 0. The molecule has 16 heavy (non-hydrogen) atoms. The van der Waals surface area contributed by atoms with Gasteiger partial charge in [-0.3, -0.25) is 10.2 Å². The largest absolute Gasteiger partial charge is 0.295 e. The van der Waals surface area contributed by atoms with E-state index in [4.69, 9.17) is 0 Å². The fourth-order valence-corrected chi connectivity index (χ4v) is 3.08. The number of rotatable bonds is 1. The zero-order valence-corrected chi connectivity index (χ0v) is 9.95. The van der Waals surface area contributed by atoms with Crippen molar-refractivity contribution in [3.05, 3.63) is 35.4 Å². The molecule has 86 valence electrons. The van der Waals surface area contributed by atoms with Gasteiger partial charge < -0.3 is 0 Å². The van der Waals surface area contributed by atoms with Crippen LogP contribution in [0.1, 0.15) is 36.9 Å². The summed E-state index contributed by atoms with van der Waals surface area (Å²) in [4.78, 5) is 2.60.